The van der Waals surface area contributed by atoms with Crippen LogP contribution in [0.3, 0.4) is 0 Å². The first-order chi connectivity index (χ1) is 17.2. The van der Waals surface area contributed by atoms with Crippen LogP contribution in [0.4, 0.5) is 23.2 Å². The van der Waals surface area contributed by atoms with Gasteiger partial charge in [0.05, 0.1) is 11.3 Å². The fraction of sp³-hybridized carbons (Fsp3) is 0.520. The normalized spacial score (nSPS) is 20.9. The number of amides is 1. The van der Waals surface area contributed by atoms with Crippen molar-refractivity contribution in [3.05, 3.63) is 53.5 Å². The molecule has 0 spiro atoms. The average Bonchev–Trinajstić information content (AvgIpc) is 2.82. The van der Waals surface area contributed by atoms with E-state index in [4.69, 9.17) is 9.47 Å². The Bertz CT molecular complexity index is 1040. The van der Waals surface area contributed by atoms with Crippen molar-refractivity contribution in [1.29, 1.82) is 0 Å². The Hall–Kier alpha value is -3.12. The van der Waals surface area contributed by atoms with Gasteiger partial charge in [-0.15, -0.1) is 0 Å². The molecule has 37 heavy (non-hydrogen) atoms. The number of esters is 1. The lowest BCUT2D eigenvalue weighted by Gasteiger charge is -2.42. The number of nitrogens with one attached hydrogen (secondary N) is 3. The molecular formula is C25H32F4N4O4. The third-order valence-corrected chi connectivity index (χ3v) is 5.81. The maximum atomic E-state index is 13.4. The van der Waals surface area contributed by atoms with E-state index >= 15 is 0 Å². The van der Waals surface area contributed by atoms with Gasteiger partial charge in [-0.2, -0.15) is 13.2 Å². The van der Waals surface area contributed by atoms with Crippen LogP contribution in [-0.4, -0.2) is 56.1 Å². The van der Waals surface area contributed by atoms with Crippen LogP contribution in [0.25, 0.3) is 0 Å². The summed E-state index contributed by atoms with van der Waals surface area (Å²) in [5, 5.41) is 7.20. The minimum absolute atomic E-state index is 0.0669. The number of anilines is 1. The molecule has 1 atom stereocenters. The number of dihydropyridines is 1. The topological polar surface area (TPSA) is 91.9 Å². The van der Waals surface area contributed by atoms with Crippen LogP contribution < -0.4 is 21.1 Å². The Kier molecular flexibility index (Phi) is 8.53. The number of benzene rings is 1. The number of halogens is 4. The van der Waals surface area contributed by atoms with E-state index in [-0.39, 0.29) is 17.1 Å². The molecule has 1 unspecified atom stereocenters. The van der Waals surface area contributed by atoms with Gasteiger partial charge in [0.25, 0.3) is 11.6 Å². The molecule has 0 saturated carbocycles. The number of carbonyl (C=O) groups is 2. The molecule has 1 aromatic carbocycles. The first-order valence-electron chi connectivity index (χ1n) is 11.9. The summed E-state index contributed by atoms with van der Waals surface area (Å²) in [6.45, 7) is 4.23. The maximum absolute atomic E-state index is 13.4. The van der Waals surface area contributed by atoms with E-state index in [0.717, 1.165) is 6.20 Å². The zero-order valence-corrected chi connectivity index (χ0v) is 21.2. The van der Waals surface area contributed by atoms with Gasteiger partial charge in [-0.3, -0.25) is 15.2 Å². The van der Waals surface area contributed by atoms with Crippen molar-refractivity contribution in [3.63, 3.8) is 0 Å². The number of nitrogens with zero attached hydrogens (tertiary/aromatic N) is 1. The second kappa shape index (κ2) is 11.1. The summed E-state index contributed by atoms with van der Waals surface area (Å²) < 4.78 is 63.7. The molecule has 0 aromatic heterocycles. The monoisotopic (exact) mass is 528 g/mol. The highest BCUT2D eigenvalue weighted by atomic mass is 19.4. The van der Waals surface area contributed by atoms with Gasteiger partial charge in [0.1, 0.15) is 18.0 Å². The van der Waals surface area contributed by atoms with Gasteiger partial charge in [-0.1, -0.05) is 0 Å². The molecule has 1 fully saturated rings. The molecule has 2 heterocycles. The zero-order chi connectivity index (χ0) is 27.4. The molecule has 204 valence electrons. The van der Waals surface area contributed by atoms with Crippen LogP contribution >= 0.6 is 0 Å². The first kappa shape index (κ1) is 28.5. The fourth-order valence-corrected chi connectivity index (χ4v) is 4.09. The lowest BCUT2D eigenvalue weighted by Crippen LogP contribution is -2.60. The lowest BCUT2D eigenvalue weighted by molar-refractivity contribution is -0.219. The molecule has 1 aromatic rings. The van der Waals surface area contributed by atoms with E-state index in [1.807, 2.05) is 0 Å². The third kappa shape index (κ3) is 7.45. The quantitative estimate of drug-likeness (QED) is 0.284. The van der Waals surface area contributed by atoms with Crippen molar-refractivity contribution in [3.8, 4) is 0 Å². The molecule has 0 bridgehead atoms. The van der Waals surface area contributed by atoms with Gasteiger partial charge < -0.3 is 20.1 Å². The van der Waals surface area contributed by atoms with Crippen molar-refractivity contribution >= 4 is 17.6 Å². The van der Waals surface area contributed by atoms with Gasteiger partial charge in [0, 0.05) is 13.2 Å². The molecule has 2 aliphatic rings. The van der Waals surface area contributed by atoms with E-state index in [1.54, 1.807) is 27.8 Å². The van der Waals surface area contributed by atoms with E-state index in [1.165, 1.54) is 35.4 Å². The number of alkyl halides is 3. The van der Waals surface area contributed by atoms with Crippen molar-refractivity contribution in [1.82, 2.24) is 16.1 Å². The zero-order valence-electron chi connectivity index (χ0n) is 21.2. The van der Waals surface area contributed by atoms with Gasteiger partial charge >= 0.3 is 12.1 Å². The minimum Gasteiger partial charge on any atom is -0.456 e. The summed E-state index contributed by atoms with van der Waals surface area (Å²) in [6, 6.07) is 5.42. The van der Waals surface area contributed by atoms with Crippen molar-refractivity contribution in [2.45, 2.75) is 51.1 Å². The summed E-state index contributed by atoms with van der Waals surface area (Å²) in [5.41, 5.74) is 0.105. The van der Waals surface area contributed by atoms with E-state index in [2.05, 4.69) is 16.1 Å². The molecule has 3 rings (SSSR count). The van der Waals surface area contributed by atoms with Crippen LogP contribution in [0.2, 0.25) is 0 Å². The molecule has 0 radical (unpaired) electrons. The lowest BCUT2D eigenvalue weighted by atomic mass is 9.80. The Morgan fingerprint density at radius 2 is 1.76 bits per heavy atom. The smallest absolute Gasteiger partial charge is 0.411 e. The van der Waals surface area contributed by atoms with Crippen molar-refractivity contribution < 1.29 is 36.6 Å². The number of hydrogen-bond donors (Lipinski definition) is 3. The SMILES string of the molecule is CN(NC(=O)C1=CNC(OCC(F)(F)F)(C(=O)OC(C)(C)C)C(C2CCNCC2)=C1)c1ccc(F)cc1. The highest BCUT2D eigenvalue weighted by Crippen LogP contribution is 2.38. The summed E-state index contributed by atoms with van der Waals surface area (Å²) in [4.78, 5) is 26.4. The molecule has 1 amide bonds. The van der Waals surface area contributed by atoms with Crippen molar-refractivity contribution in [2.24, 2.45) is 5.92 Å². The Balaban J connectivity index is 1.96. The number of hydrogen-bond acceptors (Lipinski definition) is 7. The summed E-state index contributed by atoms with van der Waals surface area (Å²) in [7, 11) is 1.55. The van der Waals surface area contributed by atoms with Crippen LogP contribution in [-0.2, 0) is 19.1 Å². The van der Waals surface area contributed by atoms with Gasteiger partial charge in [-0.25, -0.2) is 9.18 Å². The Morgan fingerprint density at radius 1 is 1.14 bits per heavy atom. The second-order valence-electron chi connectivity index (χ2n) is 9.93. The number of ether oxygens (including phenoxy) is 2. The third-order valence-electron chi connectivity index (χ3n) is 5.81. The average molecular weight is 529 g/mol. The molecular weight excluding hydrogens is 496 g/mol. The van der Waals surface area contributed by atoms with Crippen molar-refractivity contribution in [2.75, 3.05) is 31.8 Å². The summed E-state index contributed by atoms with van der Waals surface area (Å²) >= 11 is 0. The predicted octanol–water partition coefficient (Wildman–Crippen LogP) is 3.32. The standard InChI is InChI=1S/C25H32F4N4O4/c1-23(2,3)37-22(35)25(36-15-24(27,28)29)20(16-9-11-30-12-10-16)13-17(14-31-25)21(34)32-33(4)19-7-5-18(26)6-8-19/h5-8,13-14,16,30-31H,9-12,15H2,1-4H3,(H,32,34). The molecule has 2 aliphatic heterocycles. The van der Waals surface area contributed by atoms with Crippen LogP contribution in [0.15, 0.2) is 47.7 Å². The van der Waals surface area contributed by atoms with Crippen LogP contribution in [0, 0.1) is 11.7 Å². The van der Waals surface area contributed by atoms with Crippen LogP contribution in [0.5, 0.6) is 0 Å². The Labute approximate surface area is 213 Å². The largest absolute Gasteiger partial charge is 0.456 e. The maximum Gasteiger partial charge on any atom is 0.411 e. The molecule has 8 nitrogen and oxygen atoms in total. The summed E-state index contributed by atoms with van der Waals surface area (Å²) in [6.07, 6.45) is -1.16. The highest BCUT2D eigenvalue weighted by Gasteiger charge is 2.52. The molecule has 1 saturated heterocycles. The second-order valence-corrected chi connectivity index (χ2v) is 9.93. The molecule has 0 aliphatic carbocycles. The van der Waals surface area contributed by atoms with Gasteiger partial charge in [0.2, 0.25) is 0 Å². The summed E-state index contributed by atoms with van der Waals surface area (Å²) in [5.74, 6) is -2.43. The number of hydrazine groups is 1. The minimum atomic E-state index is -4.71. The van der Waals surface area contributed by atoms with E-state index in [9.17, 15) is 27.2 Å². The molecule has 12 heteroatoms. The highest BCUT2D eigenvalue weighted by molar-refractivity contribution is 5.98. The van der Waals surface area contributed by atoms with Gasteiger partial charge in [0.15, 0.2) is 0 Å². The predicted molar refractivity (Wildman–Crippen MR) is 128 cm³/mol. The first-order valence-corrected chi connectivity index (χ1v) is 11.9. The number of carbonyl (C=O) groups excluding carboxylic acids is 2. The number of piperidine rings is 1. The van der Waals surface area contributed by atoms with E-state index in [0.29, 0.717) is 31.6 Å². The van der Waals surface area contributed by atoms with Gasteiger partial charge in [-0.05, 0) is 88.5 Å². The fourth-order valence-electron chi connectivity index (χ4n) is 4.09. The van der Waals surface area contributed by atoms with Crippen LogP contribution in [0.1, 0.15) is 33.6 Å². The number of rotatable bonds is 7. The Morgan fingerprint density at radius 3 is 2.32 bits per heavy atom. The molecule has 3 N–H and O–H groups in total. The van der Waals surface area contributed by atoms with E-state index < -0.39 is 41.8 Å².